The van der Waals surface area contributed by atoms with E-state index in [1.165, 1.54) is 0 Å². The first-order valence-electron chi connectivity index (χ1n) is 7.44. The number of aliphatic hydroxyl groups is 1. The molecule has 1 atom stereocenters. The van der Waals surface area contributed by atoms with Crippen molar-refractivity contribution in [1.82, 2.24) is 15.5 Å². The number of aryl methyl sites for hydroxylation is 1. The molecule has 3 N–H and O–H groups in total. The minimum Gasteiger partial charge on any atom is -0.463 e. The van der Waals surface area contributed by atoms with Crippen molar-refractivity contribution in [3.05, 3.63) is 53.6 Å². The van der Waals surface area contributed by atoms with Crippen LogP contribution in [0.5, 0.6) is 0 Å². The number of hydrogen-bond acceptors (Lipinski definition) is 4. The number of aromatic amines is 1. The van der Waals surface area contributed by atoms with Gasteiger partial charge in [0.25, 0.3) is 0 Å². The molecule has 1 aromatic carbocycles. The standard InChI is InChI=1S/C17H19N3O3/c1-11-7-8-15(23-11)17(2,22)10-18-16(21)9-14-12-5-3-4-6-13(12)19-20-14/h3-8,22H,9-10H2,1-2H3,(H,18,21)(H,19,20). The van der Waals surface area contributed by atoms with Crippen molar-refractivity contribution >= 4 is 16.8 Å². The zero-order valence-electron chi connectivity index (χ0n) is 13.1. The van der Waals surface area contributed by atoms with E-state index in [4.69, 9.17) is 4.42 Å². The second kappa shape index (κ2) is 5.89. The topological polar surface area (TPSA) is 91.2 Å². The molecule has 0 aliphatic heterocycles. The number of carbonyl (C=O) groups excluding carboxylic acids is 1. The summed E-state index contributed by atoms with van der Waals surface area (Å²) in [6, 6.07) is 11.1. The molecule has 0 saturated carbocycles. The molecule has 6 heteroatoms. The minimum absolute atomic E-state index is 0.0743. The van der Waals surface area contributed by atoms with Crippen LogP contribution in [-0.2, 0) is 16.8 Å². The quantitative estimate of drug-likeness (QED) is 0.672. The largest absolute Gasteiger partial charge is 0.463 e. The van der Waals surface area contributed by atoms with Crippen molar-refractivity contribution in [1.29, 1.82) is 0 Å². The SMILES string of the molecule is Cc1ccc(C(C)(O)CNC(=O)Cc2[nH]nc3ccccc23)o1. The van der Waals surface area contributed by atoms with Crippen LogP contribution in [-0.4, -0.2) is 27.8 Å². The van der Waals surface area contributed by atoms with E-state index in [0.717, 1.165) is 22.4 Å². The Morgan fingerprint density at radius 3 is 2.87 bits per heavy atom. The Balaban J connectivity index is 1.63. The van der Waals surface area contributed by atoms with Crippen molar-refractivity contribution in [2.45, 2.75) is 25.9 Å². The fraction of sp³-hybridized carbons (Fsp3) is 0.294. The van der Waals surface area contributed by atoms with Crippen molar-refractivity contribution < 1.29 is 14.3 Å². The van der Waals surface area contributed by atoms with Gasteiger partial charge in [-0.2, -0.15) is 5.10 Å². The number of hydrogen-bond donors (Lipinski definition) is 3. The minimum atomic E-state index is -1.25. The van der Waals surface area contributed by atoms with Crippen LogP contribution < -0.4 is 5.32 Å². The second-order valence-corrected chi connectivity index (χ2v) is 5.86. The van der Waals surface area contributed by atoms with Crippen LogP contribution in [0.1, 0.15) is 24.1 Å². The summed E-state index contributed by atoms with van der Waals surface area (Å²) in [6.07, 6.45) is 0.174. The van der Waals surface area contributed by atoms with Crippen LogP contribution in [0.4, 0.5) is 0 Å². The van der Waals surface area contributed by atoms with Gasteiger partial charge in [-0.15, -0.1) is 0 Å². The fourth-order valence-corrected chi connectivity index (χ4v) is 2.45. The highest BCUT2D eigenvalue weighted by Gasteiger charge is 2.27. The normalized spacial score (nSPS) is 13.9. The van der Waals surface area contributed by atoms with E-state index in [-0.39, 0.29) is 18.9 Å². The summed E-state index contributed by atoms with van der Waals surface area (Å²) in [5.74, 6) is 0.959. The molecule has 0 bridgehead atoms. The van der Waals surface area contributed by atoms with E-state index < -0.39 is 5.60 Å². The highest BCUT2D eigenvalue weighted by molar-refractivity contribution is 5.87. The lowest BCUT2D eigenvalue weighted by Gasteiger charge is -2.21. The lowest BCUT2D eigenvalue weighted by Crippen LogP contribution is -2.39. The fourth-order valence-electron chi connectivity index (χ4n) is 2.45. The predicted octanol–water partition coefficient (Wildman–Crippen LogP) is 2.03. The van der Waals surface area contributed by atoms with Crippen molar-refractivity contribution in [2.24, 2.45) is 0 Å². The van der Waals surface area contributed by atoms with Gasteiger partial charge in [-0.1, -0.05) is 18.2 Å². The lowest BCUT2D eigenvalue weighted by atomic mass is 10.0. The highest BCUT2D eigenvalue weighted by atomic mass is 16.4. The molecule has 0 spiro atoms. The van der Waals surface area contributed by atoms with E-state index in [9.17, 15) is 9.90 Å². The Morgan fingerprint density at radius 1 is 1.35 bits per heavy atom. The van der Waals surface area contributed by atoms with Gasteiger partial charge in [0.05, 0.1) is 24.2 Å². The molecule has 0 radical (unpaired) electrons. The van der Waals surface area contributed by atoms with Gasteiger partial charge in [-0.05, 0) is 32.0 Å². The third-order valence-electron chi connectivity index (χ3n) is 3.78. The van der Waals surface area contributed by atoms with Crippen molar-refractivity contribution in [3.63, 3.8) is 0 Å². The molecule has 2 aromatic heterocycles. The molecule has 23 heavy (non-hydrogen) atoms. The average molecular weight is 313 g/mol. The number of carbonyl (C=O) groups is 1. The zero-order valence-corrected chi connectivity index (χ0v) is 13.1. The first-order valence-corrected chi connectivity index (χ1v) is 7.44. The lowest BCUT2D eigenvalue weighted by molar-refractivity contribution is -0.121. The molecule has 0 aliphatic carbocycles. The van der Waals surface area contributed by atoms with Gasteiger partial charge >= 0.3 is 0 Å². The summed E-state index contributed by atoms with van der Waals surface area (Å²) < 4.78 is 5.43. The zero-order chi connectivity index (χ0) is 16.4. The van der Waals surface area contributed by atoms with E-state index in [2.05, 4.69) is 15.5 Å². The first kappa shape index (κ1) is 15.3. The van der Waals surface area contributed by atoms with Gasteiger partial charge in [0.2, 0.25) is 5.91 Å². The number of H-pyrrole nitrogens is 1. The van der Waals surface area contributed by atoms with Crippen molar-refractivity contribution in [3.8, 4) is 0 Å². The molecule has 3 rings (SSSR count). The monoisotopic (exact) mass is 313 g/mol. The van der Waals surface area contributed by atoms with Gasteiger partial charge in [-0.3, -0.25) is 9.89 Å². The number of benzene rings is 1. The number of rotatable bonds is 5. The Hall–Kier alpha value is -2.60. The first-order chi connectivity index (χ1) is 11.0. The van der Waals surface area contributed by atoms with Gasteiger partial charge in [0, 0.05) is 5.39 Å². The Bertz CT molecular complexity index is 832. The average Bonchev–Trinajstić information content (AvgIpc) is 3.13. The maximum atomic E-state index is 12.1. The molecular weight excluding hydrogens is 294 g/mol. The number of para-hydroxylation sites is 1. The molecule has 1 amide bonds. The van der Waals surface area contributed by atoms with Gasteiger partial charge in [0.15, 0.2) is 0 Å². The molecule has 0 fully saturated rings. The molecule has 6 nitrogen and oxygen atoms in total. The number of furan rings is 1. The molecule has 2 heterocycles. The number of fused-ring (bicyclic) bond motifs is 1. The van der Waals surface area contributed by atoms with E-state index in [0.29, 0.717) is 5.76 Å². The third kappa shape index (κ3) is 3.27. The number of aromatic nitrogens is 2. The maximum absolute atomic E-state index is 12.1. The molecule has 0 aliphatic rings. The summed E-state index contributed by atoms with van der Waals surface area (Å²) in [5.41, 5.74) is 0.333. The van der Waals surface area contributed by atoms with Crippen LogP contribution in [0.25, 0.3) is 10.9 Å². The van der Waals surface area contributed by atoms with Crippen LogP contribution >= 0.6 is 0 Å². The number of nitrogens with zero attached hydrogens (tertiary/aromatic N) is 1. The molecular formula is C17H19N3O3. The van der Waals surface area contributed by atoms with E-state index in [1.807, 2.05) is 31.2 Å². The Labute approximate surface area is 133 Å². The Morgan fingerprint density at radius 2 is 2.13 bits per heavy atom. The maximum Gasteiger partial charge on any atom is 0.226 e. The van der Waals surface area contributed by atoms with Gasteiger partial charge in [0.1, 0.15) is 17.1 Å². The van der Waals surface area contributed by atoms with E-state index in [1.54, 1.807) is 19.1 Å². The highest BCUT2D eigenvalue weighted by Crippen LogP contribution is 2.22. The summed E-state index contributed by atoms with van der Waals surface area (Å²) in [5, 5.41) is 21.1. The number of amides is 1. The third-order valence-corrected chi connectivity index (χ3v) is 3.78. The summed E-state index contributed by atoms with van der Waals surface area (Å²) >= 11 is 0. The number of nitrogens with one attached hydrogen (secondary N) is 2. The van der Waals surface area contributed by atoms with Crippen LogP contribution in [0.15, 0.2) is 40.8 Å². The van der Waals surface area contributed by atoms with E-state index >= 15 is 0 Å². The van der Waals surface area contributed by atoms with Gasteiger partial charge in [-0.25, -0.2) is 0 Å². The van der Waals surface area contributed by atoms with Crippen LogP contribution in [0.2, 0.25) is 0 Å². The second-order valence-electron chi connectivity index (χ2n) is 5.86. The predicted molar refractivity (Wildman–Crippen MR) is 85.8 cm³/mol. The van der Waals surface area contributed by atoms with Gasteiger partial charge < -0.3 is 14.8 Å². The summed E-state index contributed by atoms with van der Waals surface area (Å²) in [7, 11) is 0. The molecule has 120 valence electrons. The molecule has 3 aromatic rings. The summed E-state index contributed by atoms with van der Waals surface area (Å²) in [4.78, 5) is 12.1. The van der Waals surface area contributed by atoms with Crippen molar-refractivity contribution in [2.75, 3.05) is 6.54 Å². The smallest absolute Gasteiger partial charge is 0.226 e. The summed E-state index contributed by atoms with van der Waals surface area (Å²) in [6.45, 7) is 3.49. The molecule has 0 saturated heterocycles. The Kier molecular flexibility index (Phi) is 3.92. The van der Waals surface area contributed by atoms with Crippen LogP contribution in [0.3, 0.4) is 0 Å². The van der Waals surface area contributed by atoms with Crippen LogP contribution in [0, 0.1) is 6.92 Å². The molecule has 1 unspecified atom stereocenters.